The topological polar surface area (TPSA) is 22.1 Å². The van der Waals surface area contributed by atoms with Crippen LogP contribution in [-0.2, 0) is 5.88 Å². The summed E-state index contributed by atoms with van der Waals surface area (Å²) in [7, 11) is 0. The van der Waals surface area contributed by atoms with Gasteiger partial charge in [-0.15, -0.1) is 11.6 Å². The van der Waals surface area contributed by atoms with Crippen molar-refractivity contribution in [3.63, 3.8) is 0 Å². The number of hydrogen-bond acceptors (Lipinski definition) is 2. The lowest BCUT2D eigenvalue weighted by Crippen LogP contribution is -2.20. The fourth-order valence-electron chi connectivity index (χ4n) is 1.18. The quantitative estimate of drug-likeness (QED) is 0.772. The average Bonchev–Trinajstić information content (AvgIpc) is 2.25. The Hall–Kier alpha value is -0.970. The molecule has 0 aliphatic rings. The minimum absolute atomic E-state index is 0.0378. The molecule has 96 valence electrons. The molecular formula is C11H13ClF3NO. The van der Waals surface area contributed by atoms with Crippen molar-refractivity contribution in [2.75, 3.05) is 6.61 Å². The number of alkyl halides is 4. The Morgan fingerprint density at radius 1 is 1.35 bits per heavy atom. The van der Waals surface area contributed by atoms with Crippen LogP contribution in [0.15, 0.2) is 12.1 Å². The average molecular weight is 268 g/mol. The number of pyridine rings is 1. The van der Waals surface area contributed by atoms with E-state index in [1.807, 2.05) is 13.8 Å². The molecule has 0 aliphatic heterocycles. The van der Waals surface area contributed by atoms with E-state index in [9.17, 15) is 13.2 Å². The first kappa shape index (κ1) is 14.1. The van der Waals surface area contributed by atoms with E-state index in [1.165, 1.54) is 6.07 Å². The van der Waals surface area contributed by atoms with Gasteiger partial charge < -0.3 is 4.74 Å². The molecule has 0 aliphatic carbocycles. The van der Waals surface area contributed by atoms with Crippen LogP contribution in [0.2, 0.25) is 0 Å². The Kier molecular flexibility index (Phi) is 4.62. The van der Waals surface area contributed by atoms with Crippen LogP contribution in [0, 0.1) is 0 Å². The van der Waals surface area contributed by atoms with Gasteiger partial charge in [0.05, 0.1) is 0 Å². The molecule has 0 bridgehead atoms. The third-order valence-electron chi connectivity index (χ3n) is 2.01. The van der Waals surface area contributed by atoms with Crippen LogP contribution in [-0.4, -0.2) is 17.8 Å². The SMILES string of the molecule is CC(C)c1cc(CCl)cc(OCC(F)(F)F)n1. The molecule has 1 aromatic heterocycles. The summed E-state index contributed by atoms with van der Waals surface area (Å²) in [5, 5.41) is 0. The monoisotopic (exact) mass is 267 g/mol. The summed E-state index contributed by atoms with van der Waals surface area (Å²) in [6.45, 7) is 2.45. The second kappa shape index (κ2) is 5.58. The van der Waals surface area contributed by atoms with Crippen LogP contribution < -0.4 is 4.74 Å². The molecule has 0 spiro atoms. The van der Waals surface area contributed by atoms with E-state index in [4.69, 9.17) is 11.6 Å². The third kappa shape index (κ3) is 4.81. The van der Waals surface area contributed by atoms with Crippen molar-refractivity contribution in [1.82, 2.24) is 4.98 Å². The molecule has 0 saturated heterocycles. The van der Waals surface area contributed by atoms with Crippen LogP contribution in [0.3, 0.4) is 0 Å². The zero-order chi connectivity index (χ0) is 13.1. The summed E-state index contributed by atoms with van der Waals surface area (Å²) in [4.78, 5) is 4.00. The molecule has 2 nitrogen and oxygen atoms in total. The molecule has 0 amide bonds. The maximum atomic E-state index is 12.0. The normalized spacial score (nSPS) is 11.9. The first-order valence-electron chi connectivity index (χ1n) is 5.08. The maximum absolute atomic E-state index is 12.0. The standard InChI is InChI=1S/C11H13ClF3NO/c1-7(2)9-3-8(5-12)4-10(16-9)17-6-11(13,14)15/h3-4,7H,5-6H2,1-2H3. The molecule has 0 saturated carbocycles. The van der Waals surface area contributed by atoms with Gasteiger partial charge in [-0.2, -0.15) is 13.2 Å². The Labute approximate surface area is 103 Å². The summed E-state index contributed by atoms with van der Waals surface area (Å²) in [6.07, 6.45) is -4.36. The van der Waals surface area contributed by atoms with Crippen molar-refractivity contribution in [3.05, 3.63) is 23.4 Å². The van der Waals surface area contributed by atoms with Gasteiger partial charge in [0.1, 0.15) is 0 Å². The van der Waals surface area contributed by atoms with Crippen LogP contribution in [0.1, 0.15) is 31.0 Å². The molecular weight excluding hydrogens is 255 g/mol. The van der Waals surface area contributed by atoms with E-state index in [0.717, 1.165) is 0 Å². The molecule has 0 unspecified atom stereocenters. The van der Waals surface area contributed by atoms with Crippen molar-refractivity contribution in [2.45, 2.75) is 31.8 Å². The predicted molar refractivity (Wildman–Crippen MR) is 59.4 cm³/mol. The highest BCUT2D eigenvalue weighted by atomic mass is 35.5. The molecule has 0 N–H and O–H groups in total. The maximum Gasteiger partial charge on any atom is 0.422 e. The van der Waals surface area contributed by atoms with Crippen molar-refractivity contribution < 1.29 is 17.9 Å². The fourth-order valence-corrected chi connectivity index (χ4v) is 1.34. The number of halogens is 4. The molecule has 17 heavy (non-hydrogen) atoms. The largest absolute Gasteiger partial charge is 0.468 e. The van der Waals surface area contributed by atoms with E-state index < -0.39 is 12.8 Å². The molecule has 1 aromatic rings. The number of nitrogens with zero attached hydrogens (tertiary/aromatic N) is 1. The number of aromatic nitrogens is 1. The summed E-state index contributed by atoms with van der Waals surface area (Å²) >= 11 is 5.66. The van der Waals surface area contributed by atoms with E-state index in [1.54, 1.807) is 6.07 Å². The summed E-state index contributed by atoms with van der Waals surface area (Å²) < 4.78 is 40.6. The van der Waals surface area contributed by atoms with Crippen LogP contribution in [0.25, 0.3) is 0 Å². The van der Waals surface area contributed by atoms with E-state index in [0.29, 0.717) is 11.3 Å². The number of ether oxygens (including phenoxy) is 1. The second-order valence-corrected chi connectivity index (χ2v) is 4.20. The first-order valence-corrected chi connectivity index (χ1v) is 5.61. The highest BCUT2D eigenvalue weighted by Gasteiger charge is 2.28. The van der Waals surface area contributed by atoms with E-state index >= 15 is 0 Å². The van der Waals surface area contributed by atoms with E-state index in [-0.39, 0.29) is 17.7 Å². The molecule has 0 aromatic carbocycles. The number of rotatable bonds is 4. The van der Waals surface area contributed by atoms with Gasteiger partial charge in [-0.3, -0.25) is 0 Å². The van der Waals surface area contributed by atoms with Gasteiger partial charge in [0, 0.05) is 17.6 Å². The van der Waals surface area contributed by atoms with Crippen molar-refractivity contribution in [2.24, 2.45) is 0 Å². The summed E-state index contributed by atoms with van der Waals surface area (Å²) in [5.74, 6) is 0.278. The number of hydrogen-bond donors (Lipinski definition) is 0. The molecule has 1 rings (SSSR count). The van der Waals surface area contributed by atoms with Crippen LogP contribution >= 0.6 is 11.6 Å². The zero-order valence-electron chi connectivity index (χ0n) is 9.51. The third-order valence-corrected chi connectivity index (χ3v) is 2.32. The smallest absolute Gasteiger partial charge is 0.422 e. The molecule has 0 fully saturated rings. The lowest BCUT2D eigenvalue weighted by molar-refractivity contribution is -0.154. The molecule has 0 radical (unpaired) electrons. The van der Waals surface area contributed by atoms with E-state index in [2.05, 4.69) is 9.72 Å². The fraction of sp³-hybridized carbons (Fsp3) is 0.545. The summed E-state index contributed by atoms with van der Waals surface area (Å²) in [5.41, 5.74) is 1.36. The van der Waals surface area contributed by atoms with Crippen molar-refractivity contribution in [1.29, 1.82) is 0 Å². The molecule has 1 heterocycles. The lowest BCUT2D eigenvalue weighted by atomic mass is 10.1. The Morgan fingerprint density at radius 2 is 2.00 bits per heavy atom. The first-order chi connectivity index (χ1) is 7.81. The van der Waals surface area contributed by atoms with Gasteiger partial charge in [-0.25, -0.2) is 4.98 Å². The van der Waals surface area contributed by atoms with Crippen LogP contribution in [0.4, 0.5) is 13.2 Å². The van der Waals surface area contributed by atoms with Gasteiger partial charge in [-0.05, 0) is 17.5 Å². The molecule has 6 heteroatoms. The van der Waals surface area contributed by atoms with Crippen molar-refractivity contribution >= 4 is 11.6 Å². The highest BCUT2D eigenvalue weighted by molar-refractivity contribution is 6.17. The predicted octanol–water partition coefficient (Wildman–Crippen LogP) is 3.88. The minimum atomic E-state index is -4.36. The summed E-state index contributed by atoms with van der Waals surface area (Å²) in [6, 6.07) is 3.18. The van der Waals surface area contributed by atoms with Gasteiger partial charge >= 0.3 is 6.18 Å². The van der Waals surface area contributed by atoms with Gasteiger partial charge in [0.2, 0.25) is 5.88 Å². The Morgan fingerprint density at radius 3 is 2.47 bits per heavy atom. The lowest BCUT2D eigenvalue weighted by Gasteiger charge is -2.12. The van der Waals surface area contributed by atoms with Gasteiger partial charge in [-0.1, -0.05) is 13.8 Å². The van der Waals surface area contributed by atoms with Gasteiger partial charge in [0.15, 0.2) is 6.61 Å². The molecule has 0 atom stereocenters. The van der Waals surface area contributed by atoms with Gasteiger partial charge in [0.25, 0.3) is 0 Å². The Balaban J connectivity index is 2.87. The van der Waals surface area contributed by atoms with Crippen molar-refractivity contribution in [3.8, 4) is 5.88 Å². The Bertz CT molecular complexity index is 379. The zero-order valence-corrected chi connectivity index (χ0v) is 10.3. The van der Waals surface area contributed by atoms with Crippen LogP contribution in [0.5, 0.6) is 5.88 Å². The second-order valence-electron chi connectivity index (χ2n) is 3.93. The highest BCUT2D eigenvalue weighted by Crippen LogP contribution is 2.22. The minimum Gasteiger partial charge on any atom is -0.468 e.